The van der Waals surface area contributed by atoms with Crippen LogP contribution < -0.4 is 0 Å². The molecule has 0 bridgehead atoms. The number of carbonyl (C=O) groups is 2. The van der Waals surface area contributed by atoms with Crippen LogP contribution in [0, 0.1) is 28.1 Å². The topological polar surface area (TPSA) is 63.6 Å². The Hall–Kier alpha value is -1.16. The van der Waals surface area contributed by atoms with Crippen molar-refractivity contribution in [3.63, 3.8) is 0 Å². The second kappa shape index (κ2) is 2.95. The van der Waals surface area contributed by atoms with Gasteiger partial charge in [-0.05, 0) is 36.5 Å². The summed E-state index contributed by atoms with van der Waals surface area (Å²) >= 11 is 0. The molecule has 3 aliphatic carbocycles. The van der Waals surface area contributed by atoms with Gasteiger partial charge in [0.1, 0.15) is 6.29 Å². The first-order valence-corrected chi connectivity index (χ1v) is 6.94. The molecule has 0 amide bonds. The van der Waals surface area contributed by atoms with Crippen molar-refractivity contribution in [3.8, 4) is 0 Å². The zero-order chi connectivity index (χ0) is 13.6. The summed E-state index contributed by atoms with van der Waals surface area (Å²) in [5.41, 5.74) is -0.575. The Morgan fingerprint density at radius 1 is 1.37 bits per heavy atom. The highest BCUT2D eigenvalue weighted by Crippen LogP contribution is 2.82. The van der Waals surface area contributed by atoms with Crippen LogP contribution in [0.15, 0.2) is 11.6 Å². The van der Waals surface area contributed by atoms with Gasteiger partial charge in [-0.1, -0.05) is 19.9 Å². The van der Waals surface area contributed by atoms with Gasteiger partial charge in [0.15, 0.2) is 0 Å². The van der Waals surface area contributed by atoms with E-state index in [-0.39, 0.29) is 23.2 Å². The summed E-state index contributed by atoms with van der Waals surface area (Å²) in [6.45, 7) is 4.41. The molecular weight excluding hydrogens is 244 g/mol. The second-order valence-electron chi connectivity index (χ2n) is 7.46. The van der Waals surface area contributed by atoms with Gasteiger partial charge in [0.25, 0.3) is 0 Å². The van der Waals surface area contributed by atoms with Crippen LogP contribution in [-0.4, -0.2) is 23.7 Å². The Balaban J connectivity index is 1.89. The molecule has 1 heterocycles. The molecule has 4 rings (SSSR count). The van der Waals surface area contributed by atoms with Crippen molar-refractivity contribution < 1.29 is 19.4 Å². The fourth-order valence-corrected chi connectivity index (χ4v) is 5.23. The van der Waals surface area contributed by atoms with E-state index in [1.807, 2.05) is 6.08 Å². The molecule has 3 fully saturated rings. The maximum atomic E-state index is 12.3. The molecule has 4 heteroatoms. The summed E-state index contributed by atoms with van der Waals surface area (Å²) in [7, 11) is 0. The first-order valence-electron chi connectivity index (χ1n) is 6.94. The Bertz CT molecular complexity index is 534. The highest BCUT2D eigenvalue weighted by Gasteiger charge is 2.87. The number of fused-ring (bicyclic) bond motifs is 1. The second-order valence-corrected chi connectivity index (χ2v) is 7.46. The molecule has 2 saturated carbocycles. The zero-order valence-corrected chi connectivity index (χ0v) is 11.2. The van der Waals surface area contributed by atoms with E-state index >= 15 is 0 Å². The van der Waals surface area contributed by atoms with Gasteiger partial charge in [-0.25, -0.2) is 0 Å². The lowest BCUT2D eigenvalue weighted by atomic mass is 9.69. The lowest BCUT2D eigenvalue weighted by Gasteiger charge is -2.30. The van der Waals surface area contributed by atoms with Crippen LogP contribution in [0.3, 0.4) is 0 Å². The molecule has 1 saturated heterocycles. The van der Waals surface area contributed by atoms with E-state index in [4.69, 9.17) is 4.74 Å². The molecular formula is C15H18O4. The predicted molar refractivity (Wildman–Crippen MR) is 65.7 cm³/mol. The van der Waals surface area contributed by atoms with Crippen LogP contribution in [-0.2, 0) is 14.3 Å². The number of esters is 1. The summed E-state index contributed by atoms with van der Waals surface area (Å²) in [6, 6.07) is 0. The van der Waals surface area contributed by atoms with Crippen molar-refractivity contribution in [2.24, 2.45) is 28.1 Å². The van der Waals surface area contributed by atoms with Crippen molar-refractivity contribution in [1.82, 2.24) is 0 Å². The molecule has 1 aliphatic heterocycles. The zero-order valence-electron chi connectivity index (χ0n) is 11.2. The molecule has 0 unspecified atom stereocenters. The molecule has 102 valence electrons. The van der Waals surface area contributed by atoms with Gasteiger partial charge in [-0.3, -0.25) is 9.59 Å². The normalized spacial score (nSPS) is 52.7. The summed E-state index contributed by atoms with van der Waals surface area (Å²) < 4.78 is 5.08. The van der Waals surface area contributed by atoms with Crippen molar-refractivity contribution >= 4 is 12.3 Å². The molecule has 1 N–H and O–H groups in total. The standard InChI is InChI=1S/C15H18O4/c1-13(2)4-8-3-9(6-16)14-7-15(14,10(8)5-13)12(18)19-11(14)17/h3,6,8,10-11,17H,4-5,7H2,1-2H3/t8-,10+,11-,14+,15+/m0/s1. The van der Waals surface area contributed by atoms with Gasteiger partial charge in [-0.15, -0.1) is 0 Å². The van der Waals surface area contributed by atoms with Gasteiger partial charge in [0, 0.05) is 5.57 Å². The Kier molecular flexibility index (Phi) is 1.81. The summed E-state index contributed by atoms with van der Waals surface area (Å²) in [5, 5.41) is 10.1. The number of aliphatic hydroxyl groups is 1. The van der Waals surface area contributed by atoms with Gasteiger partial charge in [-0.2, -0.15) is 0 Å². The summed E-state index contributed by atoms with van der Waals surface area (Å²) in [5.74, 6) is 0.194. The number of aldehydes is 1. The molecule has 0 aromatic heterocycles. The molecule has 0 spiro atoms. The van der Waals surface area contributed by atoms with E-state index in [1.54, 1.807) is 0 Å². The third-order valence-corrected chi connectivity index (χ3v) is 5.98. The van der Waals surface area contributed by atoms with Crippen molar-refractivity contribution in [3.05, 3.63) is 11.6 Å². The molecule has 4 nitrogen and oxygen atoms in total. The van der Waals surface area contributed by atoms with Crippen LogP contribution in [0.2, 0.25) is 0 Å². The number of allylic oxidation sites excluding steroid dienone is 1. The van der Waals surface area contributed by atoms with Gasteiger partial charge in [0.05, 0.1) is 10.8 Å². The van der Waals surface area contributed by atoms with E-state index in [2.05, 4.69) is 13.8 Å². The molecule has 0 radical (unpaired) electrons. The lowest BCUT2D eigenvalue weighted by molar-refractivity contribution is -0.165. The molecule has 0 aromatic carbocycles. The molecule has 4 aliphatic rings. The van der Waals surface area contributed by atoms with Crippen LogP contribution in [0.25, 0.3) is 0 Å². The summed E-state index contributed by atoms with van der Waals surface area (Å²) in [4.78, 5) is 23.7. The maximum absolute atomic E-state index is 12.3. The molecule has 5 atom stereocenters. The van der Waals surface area contributed by atoms with Gasteiger partial charge >= 0.3 is 5.97 Å². The number of cyclic esters (lactones) is 1. The van der Waals surface area contributed by atoms with Crippen molar-refractivity contribution in [2.45, 2.75) is 39.4 Å². The van der Waals surface area contributed by atoms with Gasteiger partial charge in [0.2, 0.25) is 6.29 Å². The number of hydrogen-bond donors (Lipinski definition) is 1. The first-order chi connectivity index (χ1) is 8.87. The Morgan fingerprint density at radius 3 is 2.79 bits per heavy atom. The fraction of sp³-hybridized carbons (Fsp3) is 0.733. The average molecular weight is 262 g/mol. The number of rotatable bonds is 1. The first kappa shape index (κ1) is 11.6. The maximum Gasteiger partial charge on any atom is 0.315 e. The number of hydrogen-bond acceptors (Lipinski definition) is 4. The monoisotopic (exact) mass is 262 g/mol. The minimum Gasteiger partial charge on any atom is -0.434 e. The minimum atomic E-state index is -1.14. The van der Waals surface area contributed by atoms with E-state index < -0.39 is 17.1 Å². The number of ether oxygens (including phenoxy) is 1. The van der Waals surface area contributed by atoms with E-state index in [0.29, 0.717) is 12.0 Å². The molecule has 0 aromatic rings. The van der Waals surface area contributed by atoms with Gasteiger partial charge < -0.3 is 9.84 Å². The van der Waals surface area contributed by atoms with Crippen LogP contribution in [0.1, 0.15) is 33.1 Å². The van der Waals surface area contributed by atoms with Crippen molar-refractivity contribution in [1.29, 1.82) is 0 Å². The lowest BCUT2D eigenvalue weighted by Crippen LogP contribution is -2.35. The van der Waals surface area contributed by atoms with Crippen LogP contribution >= 0.6 is 0 Å². The third kappa shape index (κ3) is 1.04. The SMILES string of the molecule is CC1(C)C[C@@H]2[C@@H](C=C(C=O)[C@@]34C[C@]23C(=O)O[C@@H]4O)C1. The average Bonchev–Trinajstić information content (AvgIpc) is 2.89. The number of aliphatic hydroxyl groups excluding tert-OH is 1. The largest absolute Gasteiger partial charge is 0.434 e. The summed E-state index contributed by atoms with van der Waals surface area (Å²) in [6.07, 6.45) is 4.22. The Labute approximate surface area is 111 Å². The smallest absolute Gasteiger partial charge is 0.315 e. The van der Waals surface area contributed by atoms with Crippen LogP contribution in [0.4, 0.5) is 0 Å². The highest BCUT2D eigenvalue weighted by molar-refractivity contribution is 5.93. The Morgan fingerprint density at radius 2 is 2.11 bits per heavy atom. The third-order valence-electron chi connectivity index (χ3n) is 5.98. The fourth-order valence-electron chi connectivity index (χ4n) is 5.23. The quantitative estimate of drug-likeness (QED) is 0.573. The minimum absolute atomic E-state index is 0.182. The molecule has 19 heavy (non-hydrogen) atoms. The van der Waals surface area contributed by atoms with E-state index in [9.17, 15) is 14.7 Å². The number of carbonyl (C=O) groups excluding carboxylic acids is 2. The van der Waals surface area contributed by atoms with Crippen molar-refractivity contribution in [2.75, 3.05) is 0 Å². The van der Waals surface area contributed by atoms with E-state index in [0.717, 1.165) is 19.1 Å². The van der Waals surface area contributed by atoms with Crippen LogP contribution in [0.5, 0.6) is 0 Å². The predicted octanol–water partition coefficient (Wildman–Crippen LogP) is 1.43. The highest BCUT2D eigenvalue weighted by atomic mass is 16.6. The van der Waals surface area contributed by atoms with E-state index in [1.165, 1.54) is 0 Å².